The molecule has 1 rings (SSSR count). The van der Waals surface area contributed by atoms with Crippen LogP contribution in [0.25, 0.3) is 0 Å². The monoisotopic (exact) mass is 324 g/mol. The third kappa shape index (κ3) is 12.3. The number of rotatable bonds is 16. The number of epoxide rings is 1. The standard InChI is InChI=1S/C20H36O3/c1-2-18-19(23-18)16-14-12-10-8-6-4-3-5-7-9-11-13-15-17-20(21)22/h3,5,18-19H,2,4,6-17H2,1H3,(H,21,22)/b5-3-/t18-,19+/m1/s1. The molecule has 0 saturated carbocycles. The van der Waals surface area contributed by atoms with Gasteiger partial charge in [0.2, 0.25) is 0 Å². The first-order chi connectivity index (χ1) is 11.2. The second kappa shape index (κ2) is 13.6. The molecular formula is C20H36O3. The lowest BCUT2D eigenvalue weighted by atomic mass is 10.1. The molecule has 0 aromatic heterocycles. The molecule has 1 fully saturated rings. The van der Waals surface area contributed by atoms with E-state index >= 15 is 0 Å². The second-order valence-corrected chi connectivity index (χ2v) is 6.78. The summed E-state index contributed by atoms with van der Waals surface area (Å²) in [5, 5.41) is 8.54. The van der Waals surface area contributed by atoms with E-state index < -0.39 is 5.97 Å². The van der Waals surface area contributed by atoms with Crippen molar-refractivity contribution in [3.8, 4) is 0 Å². The number of hydrogen-bond acceptors (Lipinski definition) is 2. The molecule has 0 spiro atoms. The van der Waals surface area contributed by atoms with Gasteiger partial charge in [0.1, 0.15) is 0 Å². The van der Waals surface area contributed by atoms with Crippen LogP contribution in [0.3, 0.4) is 0 Å². The quantitative estimate of drug-likeness (QED) is 0.219. The number of aliphatic carboxylic acids is 1. The Bertz CT molecular complexity index is 325. The van der Waals surface area contributed by atoms with Crippen LogP contribution in [-0.2, 0) is 9.53 Å². The number of unbranched alkanes of at least 4 members (excludes halogenated alkanes) is 9. The van der Waals surface area contributed by atoms with Crippen LogP contribution in [-0.4, -0.2) is 23.3 Å². The van der Waals surface area contributed by atoms with Gasteiger partial charge >= 0.3 is 5.97 Å². The van der Waals surface area contributed by atoms with Crippen molar-refractivity contribution in [1.29, 1.82) is 0 Å². The largest absolute Gasteiger partial charge is 0.481 e. The number of hydrogen-bond donors (Lipinski definition) is 1. The second-order valence-electron chi connectivity index (χ2n) is 6.78. The smallest absolute Gasteiger partial charge is 0.303 e. The molecule has 134 valence electrons. The number of ether oxygens (including phenoxy) is 1. The van der Waals surface area contributed by atoms with E-state index in [1.54, 1.807) is 0 Å². The maximum atomic E-state index is 10.4. The highest BCUT2D eigenvalue weighted by molar-refractivity contribution is 5.66. The maximum Gasteiger partial charge on any atom is 0.303 e. The summed E-state index contributed by atoms with van der Waals surface area (Å²) in [6, 6.07) is 0. The van der Waals surface area contributed by atoms with Gasteiger partial charge in [0.15, 0.2) is 0 Å². The summed E-state index contributed by atoms with van der Waals surface area (Å²) in [4.78, 5) is 10.4. The van der Waals surface area contributed by atoms with E-state index in [1.807, 2.05) is 0 Å². The zero-order chi connectivity index (χ0) is 16.8. The summed E-state index contributed by atoms with van der Waals surface area (Å²) in [6.07, 6.45) is 21.8. The van der Waals surface area contributed by atoms with Gasteiger partial charge in [-0.2, -0.15) is 0 Å². The lowest BCUT2D eigenvalue weighted by Crippen LogP contribution is -1.93. The summed E-state index contributed by atoms with van der Waals surface area (Å²) in [7, 11) is 0. The van der Waals surface area contributed by atoms with Gasteiger partial charge < -0.3 is 9.84 Å². The van der Waals surface area contributed by atoms with Gasteiger partial charge in [-0.15, -0.1) is 0 Å². The van der Waals surface area contributed by atoms with E-state index in [4.69, 9.17) is 9.84 Å². The van der Waals surface area contributed by atoms with Crippen LogP contribution in [0.15, 0.2) is 12.2 Å². The highest BCUT2D eigenvalue weighted by Gasteiger charge is 2.35. The van der Waals surface area contributed by atoms with E-state index in [-0.39, 0.29) is 0 Å². The Labute approximate surface area is 142 Å². The molecule has 2 atom stereocenters. The van der Waals surface area contributed by atoms with Crippen LogP contribution in [0.2, 0.25) is 0 Å². The average Bonchev–Trinajstić information content (AvgIpc) is 3.29. The molecule has 1 aliphatic rings. The zero-order valence-corrected chi connectivity index (χ0v) is 15.0. The van der Waals surface area contributed by atoms with Gasteiger partial charge in [0, 0.05) is 6.42 Å². The normalized spacial score (nSPS) is 20.2. The van der Waals surface area contributed by atoms with Crippen molar-refractivity contribution in [2.24, 2.45) is 0 Å². The summed E-state index contributed by atoms with van der Waals surface area (Å²) < 4.78 is 5.55. The Hall–Kier alpha value is -0.830. The first-order valence-electron chi connectivity index (χ1n) is 9.76. The Morgan fingerprint density at radius 3 is 2.00 bits per heavy atom. The van der Waals surface area contributed by atoms with Crippen LogP contribution < -0.4 is 0 Å². The van der Waals surface area contributed by atoms with E-state index in [1.165, 1.54) is 57.8 Å². The molecule has 0 aromatic carbocycles. The fourth-order valence-corrected chi connectivity index (χ4v) is 3.06. The number of carboxylic acids is 1. The molecule has 0 amide bonds. The Kier molecular flexibility index (Phi) is 11.9. The summed E-state index contributed by atoms with van der Waals surface area (Å²) >= 11 is 0. The summed E-state index contributed by atoms with van der Waals surface area (Å²) in [5.74, 6) is -0.670. The predicted octanol–water partition coefficient (Wildman–Crippen LogP) is 5.88. The van der Waals surface area contributed by atoms with Crippen molar-refractivity contribution in [3.63, 3.8) is 0 Å². The maximum absolute atomic E-state index is 10.4. The highest BCUT2D eigenvalue weighted by Crippen LogP contribution is 2.29. The molecule has 0 radical (unpaired) electrons. The molecule has 1 aliphatic heterocycles. The van der Waals surface area contributed by atoms with Crippen LogP contribution in [0, 0.1) is 0 Å². The Balaban J connectivity index is 1.71. The lowest BCUT2D eigenvalue weighted by Gasteiger charge is -1.99. The van der Waals surface area contributed by atoms with Gasteiger partial charge in [-0.05, 0) is 44.9 Å². The fraction of sp³-hybridized carbons (Fsp3) is 0.850. The van der Waals surface area contributed by atoms with E-state index in [9.17, 15) is 4.79 Å². The minimum Gasteiger partial charge on any atom is -0.481 e. The van der Waals surface area contributed by atoms with E-state index in [0.717, 1.165) is 25.7 Å². The topological polar surface area (TPSA) is 49.8 Å². The average molecular weight is 325 g/mol. The van der Waals surface area contributed by atoms with Crippen LogP contribution >= 0.6 is 0 Å². The number of allylic oxidation sites excluding steroid dienone is 2. The van der Waals surface area contributed by atoms with Gasteiger partial charge in [0.05, 0.1) is 12.2 Å². The number of carboxylic acid groups (broad SMARTS) is 1. The molecule has 0 bridgehead atoms. The van der Waals surface area contributed by atoms with Crippen molar-refractivity contribution in [2.75, 3.05) is 0 Å². The summed E-state index contributed by atoms with van der Waals surface area (Å²) in [6.45, 7) is 2.21. The third-order valence-corrected chi connectivity index (χ3v) is 4.63. The predicted molar refractivity (Wildman–Crippen MR) is 95.7 cm³/mol. The van der Waals surface area contributed by atoms with Gasteiger partial charge in [-0.25, -0.2) is 0 Å². The zero-order valence-electron chi connectivity index (χ0n) is 15.0. The molecule has 1 N–H and O–H groups in total. The fourth-order valence-electron chi connectivity index (χ4n) is 3.06. The molecule has 0 unspecified atom stereocenters. The Morgan fingerprint density at radius 1 is 0.870 bits per heavy atom. The van der Waals surface area contributed by atoms with Gasteiger partial charge in [-0.3, -0.25) is 4.79 Å². The van der Waals surface area contributed by atoms with Crippen molar-refractivity contribution < 1.29 is 14.6 Å². The van der Waals surface area contributed by atoms with Crippen molar-refractivity contribution in [1.82, 2.24) is 0 Å². The molecule has 3 heteroatoms. The molecular weight excluding hydrogens is 288 g/mol. The number of carbonyl (C=O) groups is 1. The molecule has 0 aromatic rings. The molecule has 23 heavy (non-hydrogen) atoms. The van der Waals surface area contributed by atoms with Gasteiger partial charge in [0.25, 0.3) is 0 Å². The van der Waals surface area contributed by atoms with E-state index in [0.29, 0.717) is 18.6 Å². The Morgan fingerprint density at radius 2 is 1.43 bits per heavy atom. The molecule has 0 aliphatic carbocycles. The highest BCUT2D eigenvalue weighted by atomic mass is 16.6. The van der Waals surface area contributed by atoms with Crippen LogP contribution in [0.5, 0.6) is 0 Å². The first kappa shape index (κ1) is 20.2. The van der Waals surface area contributed by atoms with E-state index in [2.05, 4.69) is 19.1 Å². The third-order valence-electron chi connectivity index (χ3n) is 4.63. The minimum atomic E-state index is -0.670. The molecule has 1 heterocycles. The molecule has 3 nitrogen and oxygen atoms in total. The van der Waals surface area contributed by atoms with Crippen LogP contribution in [0.1, 0.15) is 96.8 Å². The van der Waals surface area contributed by atoms with Crippen molar-refractivity contribution >= 4 is 5.97 Å². The SMILES string of the molecule is CC[C@H]1O[C@H]1CCCCCCC/C=C\CCCCCCC(=O)O. The van der Waals surface area contributed by atoms with Crippen molar-refractivity contribution in [2.45, 2.75) is 109 Å². The minimum absolute atomic E-state index is 0.322. The van der Waals surface area contributed by atoms with Crippen LogP contribution in [0.4, 0.5) is 0 Å². The van der Waals surface area contributed by atoms with Crippen molar-refractivity contribution in [3.05, 3.63) is 12.2 Å². The lowest BCUT2D eigenvalue weighted by molar-refractivity contribution is -0.137. The first-order valence-corrected chi connectivity index (χ1v) is 9.76. The van der Waals surface area contributed by atoms with Gasteiger partial charge in [-0.1, -0.05) is 57.6 Å². The summed E-state index contributed by atoms with van der Waals surface area (Å²) in [5.41, 5.74) is 0. The molecule has 1 saturated heterocycles.